The van der Waals surface area contributed by atoms with Crippen molar-refractivity contribution in [3.8, 4) is 0 Å². The highest BCUT2D eigenvalue weighted by atomic mass is 28.3. The molecule has 1 aromatic carbocycles. The molecular weight excluding hydrogens is 238 g/mol. The summed E-state index contributed by atoms with van der Waals surface area (Å²) in [5.41, 5.74) is 1.20. The lowest BCUT2D eigenvalue weighted by Crippen LogP contribution is -2.46. The highest BCUT2D eigenvalue weighted by Gasteiger charge is 2.17. The summed E-state index contributed by atoms with van der Waals surface area (Å²) in [4.78, 5) is 2.48. The minimum atomic E-state index is -0.672. The first-order valence-corrected chi connectivity index (χ1v) is 8.45. The lowest BCUT2D eigenvalue weighted by molar-refractivity contribution is 0.245. The Morgan fingerprint density at radius 2 is 2.06 bits per heavy atom. The van der Waals surface area contributed by atoms with E-state index in [-0.39, 0.29) is 0 Å². The first-order chi connectivity index (χ1) is 8.74. The summed E-state index contributed by atoms with van der Waals surface area (Å²) in [7, 11) is 1.12. The largest absolute Gasteiger partial charge is 0.388 e. The van der Waals surface area contributed by atoms with E-state index in [4.69, 9.17) is 4.74 Å². The zero-order chi connectivity index (χ0) is 13.4. The normalized spacial score (nSPS) is 11.2. The molecule has 0 heterocycles. The van der Waals surface area contributed by atoms with Crippen molar-refractivity contribution in [2.24, 2.45) is 0 Å². The molecule has 0 aliphatic rings. The van der Waals surface area contributed by atoms with Gasteiger partial charge in [-0.25, -0.2) is 0 Å². The number of hydrogen-bond acceptors (Lipinski definition) is 2. The van der Waals surface area contributed by atoms with Crippen molar-refractivity contribution < 1.29 is 4.74 Å². The maximum absolute atomic E-state index is 5.41. The van der Waals surface area contributed by atoms with Crippen LogP contribution in [0.1, 0.15) is 19.4 Å². The maximum atomic E-state index is 5.41. The monoisotopic (exact) mass is 262 g/mol. The van der Waals surface area contributed by atoms with Crippen molar-refractivity contribution in [2.45, 2.75) is 13.8 Å². The lowest BCUT2D eigenvalue weighted by atomic mass is 10.2. The predicted octanol–water partition coefficient (Wildman–Crippen LogP) is 2.10. The van der Waals surface area contributed by atoms with Gasteiger partial charge in [0.15, 0.2) is 0 Å². The highest BCUT2D eigenvalue weighted by Crippen LogP contribution is 2.01. The molecule has 1 radical (unpaired) electrons. The van der Waals surface area contributed by atoms with Crippen LogP contribution >= 0.6 is 0 Å². The van der Waals surface area contributed by atoms with Crippen LogP contribution in [0.4, 0.5) is 0 Å². The number of nitrogens with zero attached hydrogens (tertiary/aromatic N) is 1. The highest BCUT2D eigenvalue weighted by molar-refractivity contribution is 6.73. The Bertz CT molecular complexity index is 363. The molecular formula is C15H24NOSi. The van der Waals surface area contributed by atoms with Gasteiger partial charge < -0.3 is 9.64 Å². The van der Waals surface area contributed by atoms with Crippen molar-refractivity contribution in [1.82, 2.24) is 4.90 Å². The van der Waals surface area contributed by atoms with E-state index in [0.29, 0.717) is 0 Å². The summed E-state index contributed by atoms with van der Waals surface area (Å²) in [6.07, 6.45) is 3.92. The predicted molar refractivity (Wildman–Crippen MR) is 81.6 cm³/mol. The minimum absolute atomic E-state index is 0.672. The summed E-state index contributed by atoms with van der Waals surface area (Å²) in [6.45, 7) is 10.5. The number of rotatable bonds is 8. The number of ether oxygens (including phenoxy) is 1. The average molecular weight is 262 g/mol. The smallest absolute Gasteiger partial charge is 0.132 e. The summed E-state index contributed by atoms with van der Waals surface area (Å²) in [5.74, 6) is 0. The van der Waals surface area contributed by atoms with Crippen molar-refractivity contribution in [3.63, 3.8) is 0 Å². The molecule has 0 bridgehead atoms. The van der Waals surface area contributed by atoms with Crippen LogP contribution in [0, 0.1) is 0 Å². The first kappa shape index (κ1) is 15.2. The molecule has 0 saturated heterocycles. The van der Waals surface area contributed by atoms with Gasteiger partial charge in [0.05, 0.1) is 0 Å². The zero-order valence-corrected chi connectivity index (χ0v) is 12.8. The molecule has 0 aliphatic heterocycles. The van der Waals surface area contributed by atoms with Gasteiger partial charge in [0.1, 0.15) is 8.80 Å². The fourth-order valence-electron chi connectivity index (χ4n) is 2.00. The van der Waals surface area contributed by atoms with Crippen LogP contribution in [0.25, 0.3) is 6.08 Å². The topological polar surface area (TPSA) is 12.5 Å². The third-order valence-corrected chi connectivity index (χ3v) is 5.75. The molecule has 3 heteroatoms. The van der Waals surface area contributed by atoms with E-state index in [1.165, 1.54) is 10.8 Å². The van der Waals surface area contributed by atoms with E-state index in [9.17, 15) is 0 Å². The number of hydrogen-bond donors (Lipinski definition) is 0. The third-order valence-electron chi connectivity index (χ3n) is 3.16. The summed E-state index contributed by atoms with van der Waals surface area (Å²) < 4.78 is 5.41. The Morgan fingerprint density at radius 1 is 1.33 bits per heavy atom. The molecule has 0 aromatic heterocycles. The van der Waals surface area contributed by atoms with Crippen LogP contribution in [0.3, 0.4) is 0 Å². The van der Waals surface area contributed by atoms with Gasteiger partial charge in [-0.2, -0.15) is 0 Å². The molecule has 1 aromatic rings. The molecule has 0 saturated carbocycles. The fourth-order valence-corrected chi connectivity index (χ4v) is 4.48. The minimum Gasteiger partial charge on any atom is -0.388 e. The van der Waals surface area contributed by atoms with E-state index in [0.717, 1.165) is 25.5 Å². The Kier molecular flexibility index (Phi) is 6.94. The SMILES string of the molecule is C=Cc1cccc([Si](COC)CN(CC)CC)c1. The van der Waals surface area contributed by atoms with Crippen LogP contribution in [-0.4, -0.2) is 46.3 Å². The van der Waals surface area contributed by atoms with Crippen LogP contribution in [-0.2, 0) is 4.74 Å². The average Bonchev–Trinajstić information content (AvgIpc) is 2.43. The number of benzene rings is 1. The molecule has 18 heavy (non-hydrogen) atoms. The van der Waals surface area contributed by atoms with E-state index in [2.05, 4.69) is 49.6 Å². The summed E-state index contributed by atoms with van der Waals surface area (Å²) in [6, 6.07) is 8.70. The molecule has 99 valence electrons. The molecule has 0 amide bonds. The van der Waals surface area contributed by atoms with Crippen molar-refractivity contribution in [1.29, 1.82) is 0 Å². The van der Waals surface area contributed by atoms with Gasteiger partial charge in [0.2, 0.25) is 0 Å². The van der Waals surface area contributed by atoms with Gasteiger partial charge in [-0.05, 0) is 24.8 Å². The Morgan fingerprint density at radius 3 is 2.61 bits per heavy atom. The van der Waals surface area contributed by atoms with E-state index >= 15 is 0 Å². The second kappa shape index (κ2) is 8.24. The lowest BCUT2D eigenvalue weighted by Gasteiger charge is -2.24. The van der Waals surface area contributed by atoms with Crippen molar-refractivity contribution >= 4 is 20.1 Å². The quantitative estimate of drug-likeness (QED) is 0.665. The molecule has 2 nitrogen and oxygen atoms in total. The van der Waals surface area contributed by atoms with Gasteiger partial charge in [-0.3, -0.25) is 0 Å². The third kappa shape index (κ3) is 4.41. The Labute approximate surface area is 113 Å². The van der Waals surface area contributed by atoms with Gasteiger partial charge in [0, 0.05) is 13.3 Å². The van der Waals surface area contributed by atoms with Gasteiger partial charge in [-0.1, -0.05) is 56.0 Å². The maximum Gasteiger partial charge on any atom is 0.132 e. The van der Waals surface area contributed by atoms with Gasteiger partial charge in [0.25, 0.3) is 0 Å². The zero-order valence-electron chi connectivity index (χ0n) is 11.8. The Hall–Kier alpha value is -0.903. The van der Waals surface area contributed by atoms with Crippen molar-refractivity contribution in [3.05, 3.63) is 36.4 Å². The van der Waals surface area contributed by atoms with Crippen molar-refractivity contribution in [2.75, 3.05) is 32.6 Å². The van der Waals surface area contributed by atoms with Crippen LogP contribution in [0.5, 0.6) is 0 Å². The van der Waals surface area contributed by atoms with E-state index < -0.39 is 8.80 Å². The number of methoxy groups -OCH3 is 1. The first-order valence-electron chi connectivity index (χ1n) is 6.54. The molecule has 0 spiro atoms. The van der Waals surface area contributed by atoms with Crippen LogP contribution in [0.2, 0.25) is 0 Å². The standard InChI is InChI=1S/C15H24NOSi/c1-5-14-9-8-10-15(11-14)18(13-17-4)12-16(6-2)7-3/h5,8-11H,1,6-7,12-13H2,2-4H3. The van der Waals surface area contributed by atoms with Crippen LogP contribution in [0.15, 0.2) is 30.8 Å². The second-order valence-electron chi connectivity index (χ2n) is 4.33. The second-order valence-corrected chi connectivity index (χ2v) is 6.72. The summed E-state index contributed by atoms with van der Waals surface area (Å²) in [5, 5.41) is 1.44. The fraction of sp³-hybridized carbons (Fsp3) is 0.467. The van der Waals surface area contributed by atoms with Gasteiger partial charge in [-0.15, -0.1) is 0 Å². The van der Waals surface area contributed by atoms with E-state index in [1.54, 1.807) is 7.11 Å². The summed E-state index contributed by atoms with van der Waals surface area (Å²) >= 11 is 0. The molecule has 0 aliphatic carbocycles. The van der Waals surface area contributed by atoms with Gasteiger partial charge >= 0.3 is 0 Å². The Balaban J connectivity index is 2.85. The molecule has 0 unspecified atom stereocenters. The molecule has 0 atom stereocenters. The van der Waals surface area contributed by atoms with E-state index in [1.807, 2.05) is 6.08 Å². The molecule has 1 rings (SSSR count). The molecule has 0 N–H and O–H groups in total. The van der Waals surface area contributed by atoms with Crippen LogP contribution < -0.4 is 5.19 Å². The molecule has 0 fully saturated rings.